The highest BCUT2D eigenvalue weighted by atomic mass is 16.2. The van der Waals surface area contributed by atoms with Crippen LogP contribution >= 0.6 is 0 Å². The fourth-order valence-corrected chi connectivity index (χ4v) is 2.59. The summed E-state index contributed by atoms with van der Waals surface area (Å²) in [5, 5.41) is 7.31. The van der Waals surface area contributed by atoms with E-state index < -0.39 is 0 Å². The minimum Gasteiger partial charge on any atom is -0.354 e. The Morgan fingerprint density at radius 1 is 1.25 bits per heavy atom. The van der Waals surface area contributed by atoms with Crippen LogP contribution in [0.4, 0.5) is 0 Å². The van der Waals surface area contributed by atoms with Crippen molar-refractivity contribution in [1.82, 2.24) is 10.6 Å². The lowest BCUT2D eigenvalue weighted by Crippen LogP contribution is -2.88. The molecule has 4 N–H and O–H groups in total. The van der Waals surface area contributed by atoms with Gasteiger partial charge in [0.05, 0.1) is 6.04 Å². The molecule has 0 bridgehead atoms. The molecule has 1 aromatic carbocycles. The molecule has 0 fully saturated rings. The number of carbonyl (C=O) groups excluding carboxylic acids is 2. The highest BCUT2D eigenvalue weighted by Crippen LogP contribution is 2.29. The second kappa shape index (κ2) is 7.05. The van der Waals surface area contributed by atoms with Crippen LogP contribution in [0.15, 0.2) is 24.3 Å². The van der Waals surface area contributed by atoms with Gasteiger partial charge in [0.1, 0.15) is 0 Å². The van der Waals surface area contributed by atoms with Gasteiger partial charge in [0, 0.05) is 7.05 Å². The molecule has 0 unspecified atom stereocenters. The van der Waals surface area contributed by atoms with Crippen molar-refractivity contribution in [3.8, 4) is 0 Å². The maximum absolute atomic E-state index is 11.9. The molecule has 5 nitrogen and oxygen atoms in total. The molecule has 1 atom stereocenters. The van der Waals surface area contributed by atoms with Crippen molar-refractivity contribution < 1.29 is 14.9 Å². The quantitative estimate of drug-likeness (QED) is 0.677. The molecule has 0 saturated heterocycles. The summed E-state index contributed by atoms with van der Waals surface area (Å²) in [6.45, 7) is 0.567. The van der Waals surface area contributed by atoms with E-state index in [1.807, 2.05) is 12.1 Å². The molecule has 0 aromatic heterocycles. The zero-order chi connectivity index (χ0) is 14.4. The number of nitrogens with one attached hydrogen (secondary N) is 2. The molecular weight excluding hydrogens is 254 g/mol. The first kappa shape index (κ1) is 14.5. The Bertz CT molecular complexity index is 488. The van der Waals surface area contributed by atoms with E-state index in [1.165, 1.54) is 11.1 Å². The molecule has 20 heavy (non-hydrogen) atoms. The first-order valence-corrected chi connectivity index (χ1v) is 7.10. The van der Waals surface area contributed by atoms with E-state index in [1.54, 1.807) is 12.4 Å². The van der Waals surface area contributed by atoms with E-state index in [2.05, 4.69) is 22.8 Å². The topological polar surface area (TPSA) is 74.8 Å². The summed E-state index contributed by atoms with van der Waals surface area (Å²) >= 11 is 0. The van der Waals surface area contributed by atoms with Crippen molar-refractivity contribution in [2.24, 2.45) is 0 Å². The SMILES string of the molecule is CNC(=O)C[NH2+]CC(=O)N[C@H]1CCCc2ccccc21. The summed E-state index contributed by atoms with van der Waals surface area (Å²) in [7, 11) is 1.59. The predicted octanol–water partition coefficient (Wildman–Crippen LogP) is -0.510. The van der Waals surface area contributed by atoms with Crippen LogP contribution in [0.1, 0.15) is 30.0 Å². The van der Waals surface area contributed by atoms with Gasteiger partial charge in [0.2, 0.25) is 0 Å². The van der Waals surface area contributed by atoms with Crippen LogP contribution in [-0.4, -0.2) is 32.0 Å². The Hall–Kier alpha value is -1.88. The van der Waals surface area contributed by atoms with Gasteiger partial charge in [0.25, 0.3) is 11.8 Å². The van der Waals surface area contributed by atoms with Gasteiger partial charge < -0.3 is 16.0 Å². The number of amides is 2. The third-order valence-electron chi connectivity index (χ3n) is 3.64. The number of fused-ring (bicyclic) bond motifs is 1. The van der Waals surface area contributed by atoms with Gasteiger partial charge in [-0.05, 0) is 30.4 Å². The van der Waals surface area contributed by atoms with Crippen molar-refractivity contribution in [2.45, 2.75) is 25.3 Å². The molecule has 1 aromatic rings. The third-order valence-corrected chi connectivity index (χ3v) is 3.64. The summed E-state index contributed by atoms with van der Waals surface area (Å²) in [6, 6.07) is 8.39. The van der Waals surface area contributed by atoms with Crippen LogP contribution in [0, 0.1) is 0 Å². The summed E-state index contributed by atoms with van der Waals surface area (Å²) in [5.41, 5.74) is 2.57. The lowest BCUT2D eigenvalue weighted by atomic mass is 9.88. The fraction of sp³-hybridized carbons (Fsp3) is 0.467. The van der Waals surface area contributed by atoms with Crippen LogP contribution in [-0.2, 0) is 16.0 Å². The van der Waals surface area contributed by atoms with Crippen molar-refractivity contribution in [3.63, 3.8) is 0 Å². The Morgan fingerprint density at radius 3 is 2.80 bits per heavy atom. The molecule has 1 aliphatic rings. The Labute approximate surface area is 119 Å². The molecule has 0 spiro atoms. The van der Waals surface area contributed by atoms with Gasteiger partial charge in [0.15, 0.2) is 13.1 Å². The second-order valence-corrected chi connectivity index (χ2v) is 5.08. The molecule has 2 rings (SSSR count). The summed E-state index contributed by atoms with van der Waals surface area (Å²) < 4.78 is 0. The van der Waals surface area contributed by atoms with Gasteiger partial charge in [-0.15, -0.1) is 0 Å². The van der Waals surface area contributed by atoms with Gasteiger partial charge >= 0.3 is 0 Å². The van der Waals surface area contributed by atoms with Crippen molar-refractivity contribution >= 4 is 11.8 Å². The number of likely N-dealkylation sites (N-methyl/N-ethyl adjacent to an activating group) is 1. The zero-order valence-electron chi connectivity index (χ0n) is 11.8. The molecule has 0 saturated carbocycles. The largest absolute Gasteiger partial charge is 0.354 e. The molecule has 1 aliphatic carbocycles. The molecular formula is C15H22N3O2+. The molecule has 0 heterocycles. The van der Waals surface area contributed by atoms with Crippen LogP contribution < -0.4 is 16.0 Å². The number of nitrogens with two attached hydrogens (primary N) is 1. The third kappa shape index (κ3) is 3.81. The first-order chi connectivity index (χ1) is 9.70. The molecule has 2 amide bonds. The van der Waals surface area contributed by atoms with E-state index in [9.17, 15) is 9.59 Å². The average molecular weight is 276 g/mol. The number of hydrogen-bond donors (Lipinski definition) is 3. The van der Waals surface area contributed by atoms with E-state index in [0.29, 0.717) is 0 Å². The summed E-state index contributed by atoms with van der Waals surface area (Å²) in [5.74, 6) is -0.0866. The van der Waals surface area contributed by atoms with Crippen molar-refractivity contribution in [2.75, 3.05) is 20.1 Å². The van der Waals surface area contributed by atoms with Crippen LogP contribution in [0.25, 0.3) is 0 Å². The maximum Gasteiger partial charge on any atom is 0.275 e. The maximum atomic E-state index is 11.9. The number of rotatable bonds is 5. The van der Waals surface area contributed by atoms with E-state index in [-0.39, 0.29) is 30.9 Å². The molecule has 0 aliphatic heterocycles. The van der Waals surface area contributed by atoms with Crippen LogP contribution in [0.5, 0.6) is 0 Å². The number of quaternary nitrogens is 1. The van der Waals surface area contributed by atoms with Crippen LogP contribution in [0.2, 0.25) is 0 Å². The minimum absolute atomic E-state index is 0.0180. The number of aryl methyl sites for hydroxylation is 1. The Kier molecular flexibility index (Phi) is 5.12. The van der Waals surface area contributed by atoms with E-state index >= 15 is 0 Å². The van der Waals surface area contributed by atoms with Crippen molar-refractivity contribution in [3.05, 3.63) is 35.4 Å². The smallest absolute Gasteiger partial charge is 0.275 e. The van der Waals surface area contributed by atoms with E-state index in [0.717, 1.165) is 19.3 Å². The fourth-order valence-electron chi connectivity index (χ4n) is 2.59. The van der Waals surface area contributed by atoms with Crippen molar-refractivity contribution in [1.29, 1.82) is 0 Å². The highest BCUT2D eigenvalue weighted by molar-refractivity contribution is 5.78. The van der Waals surface area contributed by atoms with Gasteiger partial charge in [-0.3, -0.25) is 9.59 Å². The number of carbonyl (C=O) groups is 2. The molecule has 0 radical (unpaired) electrons. The number of hydrogen-bond acceptors (Lipinski definition) is 2. The molecule has 5 heteroatoms. The van der Waals surface area contributed by atoms with Gasteiger partial charge in [-0.25, -0.2) is 0 Å². The molecule has 108 valence electrons. The summed E-state index contributed by atoms with van der Waals surface area (Å²) in [6.07, 6.45) is 3.17. The monoisotopic (exact) mass is 276 g/mol. The van der Waals surface area contributed by atoms with Gasteiger partial charge in [-0.1, -0.05) is 24.3 Å². The lowest BCUT2D eigenvalue weighted by molar-refractivity contribution is -0.633. The first-order valence-electron chi connectivity index (χ1n) is 7.10. The second-order valence-electron chi connectivity index (χ2n) is 5.08. The Balaban J connectivity index is 1.85. The highest BCUT2D eigenvalue weighted by Gasteiger charge is 2.21. The average Bonchev–Trinajstić information content (AvgIpc) is 2.47. The summed E-state index contributed by atoms with van der Waals surface area (Å²) in [4.78, 5) is 23.0. The Morgan fingerprint density at radius 2 is 2.00 bits per heavy atom. The standard InChI is InChI=1S/C15H21N3O2/c1-16-14(19)9-17-10-15(20)18-13-8-4-6-11-5-2-3-7-12(11)13/h2-3,5,7,13,17H,4,6,8-10H2,1H3,(H,16,19)(H,18,20)/p+1/t13-/m0/s1. The van der Waals surface area contributed by atoms with E-state index in [4.69, 9.17) is 0 Å². The number of benzene rings is 1. The minimum atomic E-state index is -0.0687. The van der Waals surface area contributed by atoms with Crippen LogP contribution in [0.3, 0.4) is 0 Å². The normalized spacial score (nSPS) is 17.1. The van der Waals surface area contributed by atoms with Gasteiger partial charge in [-0.2, -0.15) is 0 Å². The predicted molar refractivity (Wildman–Crippen MR) is 76.0 cm³/mol. The zero-order valence-corrected chi connectivity index (χ0v) is 11.8. The lowest BCUT2D eigenvalue weighted by Gasteiger charge is -2.26.